The monoisotopic (exact) mass is 165 g/mol. The molecule has 0 saturated carbocycles. The molecule has 0 aromatic heterocycles. The van der Waals surface area contributed by atoms with Crippen molar-refractivity contribution in [2.24, 2.45) is 5.90 Å². The maximum absolute atomic E-state index is 4.95. The average Bonchev–Trinajstić information content (AvgIpc) is 2.15. The molecule has 0 aliphatic heterocycles. The molecule has 0 radical (unpaired) electrons. The Labute approximate surface area is 73.3 Å². The summed E-state index contributed by atoms with van der Waals surface area (Å²) < 4.78 is 0. The molecule has 1 aromatic carbocycles. The lowest BCUT2D eigenvalue weighted by Crippen LogP contribution is -2.03. The van der Waals surface area contributed by atoms with E-state index in [0.29, 0.717) is 6.61 Å². The largest absolute Gasteiger partial charge is 0.304 e. The van der Waals surface area contributed by atoms with Crippen molar-refractivity contribution in [1.29, 1.82) is 0 Å². The molecule has 0 fully saturated rings. The summed E-state index contributed by atoms with van der Waals surface area (Å²) in [6.07, 6.45) is 1.97. The van der Waals surface area contributed by atoms with Crippen LogP contribution >= 0.6 is 0 Å². The molecule has 0 amide bonds. The number of nitrogens with two attached hydrogens (primary N) is 1. The van der Waals surface area contributed by atoms with Crippen LogP contribution in [-0.2, 0) is 17.7 Å². The summed E-state index contributed by atoms with van der Waals surface area (Å²) in [5.41, 5.74) is 2.66. The standard InChI is InChI=1S/C10H15NO/c1-2-9-4-3-5-10(8-9)6-7-12-11/h3-5,8H,2,6-7,11H2,1H3. The lowest BCUT2D eigenvalue weighted by Gasteiger charge is -2.01. The second kappa shape index (κ2) is 4.91. The third-order valence-electron chi connectivity index (χ3n) is 1.91. The molecule has 12 heavy (non-hydrogen) atoms. The summed E-state index contributed by atoms with van der Waals surface area (Å²) in [6.45, 7) is 2.74. The molecule has 2 heteroatoms. The van der Waals surface area contributed by atoms with Gasteiger partial charge in [0.15, 0.2) is 0 Å². The van der Waals surface area contributed by atoms with E-state index >= 15 is 0 Å². The van der Waals surface area contributed by atoms with Crippen molar-refractivity contribution in [1.82, 2.24) is 0 Å². The first-order chi connectivity index (χ1) is 5.86. The molecule has 0 aliphatic rings. The van der Waals surface area contributed by atoms with Gasteiger partial charge >= 0.3 is 0 Å². The average molecular weight is 165 g/mol. The normalized spacial score (nSPS) is 10.2. The minimum absolute atomic E-state index is 0.590. The number of rotatable bonds is 4. The molecular weight excluding hydrogens is 150 g/mol. The number of aryl methyl sites for hydroxylation is 1. The molecule has 0 aliphatic carbocycles. The maximum Gasteiger partial charge on any atom is 0.0719 e. The van der Waals surface area contributed by atoms with Gasteiger partial charge in [-0.1, -0.05) is 31.2 Å². The minimum atomic E-state index is 0.590. The quantitative estimate of drug-likeness (QED) is 0.689. The predicted octanol–water partition coefficient (Wildman–Crippen LogP) is 1.68. The second-order valence-corrected chi connectivity index (χ2v) is 2.79. The van der Waals surface area contributed by atoms with Gasteiger partial charge in [-0.05, 0) is 24.0 Å². The van der Waals surface area contributed by atoms with Gasteiger partial charge in [0.25, 0.3) is 0 Å². The molecule has 0 spiro atoms. The fraction of sp³-hybridized carbons (Fsp3) is 0.400. The van der Waals surface area contributed by atoms with Crippen molar-refractivity contribution in [3.05, 3.63) is 35.4 Å². The van der Waals surface area contributed by atoms with E-state index in [9.17, 15) is 0 Å². The van der Waals surface area contributed by atoms with Crippen LogP contribution in [0, 0.1) is 0 Å². The van der Waals surface area contributed by atoms with Gasteiger partial charge in [-0.15, -0.1) is 0 Å². The van der Waals surface area contributed by atoms with E-state index in [0.717, 1.165) is 12.8 Å². The summed E-state index contributed by atoms with van der Waals surface area (Å²) >= 11 is 0. The first kappa shape index (κ1) is 9.23. The summed E-state index contributed by atoms with van der Waals surface area (Å²) in [5.74, 6) is 4.95. The van der Waals surface area contributed by atoms with Crippen molar-refractivity contribution in [3.63, 3.8) is 0 Å². The van der Waals surface area contributed by atoms with Gasteiger partial charge in [-0.3, -0.25) is 0 Å². The Morgan fingerprint density at radius 3 is 2.75 bits per heavy atom. The third kappa shape index (κ3) is 2.64. The van der Waals surface area contributed by atoms with Gasteiger partial charge in [-0.2, -0.15) is 0 Å². The first-order valence-corrected chi connectivity index (χ1v) is 4.26. The molecule has 0 atom stereocenters. The van der Waals surface area contributed by atoms with Crippen LogP contribution < -0.4 is 5.90 Å². The van der Waals surface area contributed by atoms with Crippen LogP contribution in [0.3, 0.4) is 0 Å². The minimum Gasteiger partial charge on any atom is -0.304 e. The Morgan fingerprint density at radius 1 is 1.33 bits per heavy atom. The molecule has 2 nitrogen and oxygen atoms in total. The molecule has 1 rings (SSSR count). The lowest BCUT2D eigenvalue weighted by atomic mass is 10.1. The smallest absolute Gasteiger partial charge is 0.0719 e. The number of hydrogen-bond donors (Lipinski definition) is 1. The molecule has 66 valence electrons. The van der Waals surface area contributed by atoms with Crippen molar-refractivity contribution < 1.29 is 4.84 Å². The fourth-order valence-corrected chi connectivity index (χ4v) is 1.18. The highest BCUT2D eigenvalue weighted by molar-refractivity contribution is 5.23. The van der Waals surface area contributed by atoms with Crippen LogP contribution in [0.5, 0.6) is 0 Å². The van der Waals surface area contributed by atoms with Gasteiger partial charge < -0.3 is 4.84 Å². The SMILES string of the molecule is CCc1cccc(CCON)c1. The Balaban J connectivity index is 2.60. The van der Waals surface area contributed by atoms with Crippen LogP contribution in [0.1, 0.15) is 18.1 Å². The zero-order chi connectivity index (χ0) is 8.81. The van der Waals surface area contributed by atoms with Gasteiger partial charge in [0.2, 0.25) is 0 Å². The Bertz CT molecular complexity index is 235. The molecule has 0 saturated heterocycles. The number of benzene rings is 1. The number of hydrogen-bond acceptors (Lipinski definition) is 2. The van der Waals surface area contributed by atoms with E-state index in [1.807, 2.05) is 0 Å². The van der Waals surface area contributed by atoms with Crippen molar-refractivity contribution >= 4 is 0 Å². The molecular formula is C10H15NO. The maximum atomic E-state index is 4.95. The highest BCUT2D eigenvalue weighted by Gasteiger charge is 1.93. The summed E-state index contributed by atoms with van der Waals surface area (Å²) in [5, 5.41) is 0. The lowest BCUT2D eigenvalue weighted by molar-refractivity contribution is 0.141. The molecule has 2 N–H and O–H groups in total. The molecule has 0 heterocycles. The Morgan fingerprint density at radius 2 is 2.08 bits per heavy atom. The van der Waals surface area contributed by atoms with E-state index in [-0.39, 0.29) is 0 Å². The molecule has 0 bridgehead atoms. The summed E-state index contributed by atoms with van der Waals surface area (Å²) in [7, 11) is 0. The molecule has 1 aromatic rings. The van der Waals surface area contributed by atoms with Gasteiger partial charge in [0, 0.05) is 0 Å². The third-order valence-corrected chi connectivity index (χ3v) is 1.91. The van der Waals surface area contributed by atoms with Gasteiger partial charge in [-0.25, -0.2) is 5.90 Å². The van der Waals surface area contributed by atoms with E-state index in [4.69, 9.17) is 5.90 Å². The highest BCUT2D eigenvalue weighted by Crippen LogP contribution is 2.06. The van der Waals surface area contributed by atoms with E-state index < -0.39 is 0 Å². The van der Waals surface area contributed by atoms with Crippen molar-refractivity contribution in [3.8, 4) is 0 Å². The zero-order valence-electron chi connectivity index (χ0n) is 7.42. The van der Waals surface area contributed by atoms with Gasteiger partial charge in [0.05, 0.1) is 6.61 Å². The van der Waals surface area contributed by atoms with Gasteiger partial charge in [0.1, 0.15) is 0 Å². The zero-order valence-corrected chi connectivity index (χ0v) is 7.42. The van der Waals surface area contributed by atoms with Crippen LogP contribution in [-0.4, -0.2) is 6.61 Å². The fourth-order valence-electron chi connectivity index (χ4n) is 1.18. The molecule has 0 unspecified atom stereocenters. The Kier molecular flexibility index (Phi) is 3.77. The highest BCUT2D eigenvalue weighted by atomic mass is 16.6. The predicted molar refractivity (Wildman–Crippen MR) is 49.7 cm³/mol. The van der Waals surface area contributed by atoms with Crippen molar-refractivity contribution in [2.45, 2.75) is 19.8 Å². The van der Waals surface area contributed by atoms with Crippen LogP contribution in [0.15, 0.2) is 24.3 Å². The second-order valence-electron chi connectivity index (χ2n) is 2.79. The summed E-state index contributed by atoms with van der Waals surface area (Å²) in [4.78, 5) is 4.52. The van der Waals surface area contributed by atoms with Crippen LogP contribution in [0.4, 0.5) is 0 Å². The van der Waals surface area contributed by atoms with E-state index in [1.54, 1.807) is 0 Å². The van der Waals surface area contributed by atoms with E-state index in [2.05, 4.69) is 36.0 Å². The van der Waals surface area contributed by atoms with Crippen LogP contribution in [0.25, 0.3) is 0 Å². The first-order valence-electron chi connectivity index (χ1n) is 4.26. The topological polar surface area (TPSA) is 35.2 Å². The van der Waals surface area contributed by atoms with Crippen LogP contribution in [0.2, 0.25) is 0 Å². The van der Waals surface area contributed by atoms with Crippen molar-refractivity contribution in [2.75, 3.05) is 6.61 Å². The Hall–Kier alpha value is -0.860. The van der Waals surface area contributed by atoms with E-state index in [1.165, 1.54) is 11.1 Å². The summed E-state index contributed by atoms with van der Waals surface area (Å²) in [6, 6.07) is 8.49.